The minimum Gasteiger partial charge on any atom is -0.496 e. The Morgan fingerprint density at radius 2 is 1.78 bits per heavy atom. The minimum absolute atomic E-state index is 0.122. The number of H-pyrrole nitrogens is 1. The topological polar surface area (TPSA) is 76.4 Å². The van der Waals surface area contributed by atoms with Gasteiger partial charge in [0, 0.05) is 39.0 Å². The van der Waals surface area contributed by atoms with E-state index in [0.717, 1.165) is 38.5 Å². The number of carbonyl (C=O) groups excluding carboxylic acids is 1. The summed E-state index contributed by atoms with van der Waals surface area (Å²) in [5, 5.41) is 2.99. The molecule has 3 aromatic carbocycles. The van der Waals surface area contributed by atoms with Gasteiger partial charge in [-0.15, -0.1) is 0 Å². The summed E-state index contributed by atoms with van der Waals surface area (Å²) >= 11 is 1.34. The highest BCUT2D eigenvalue weighted by atomic mass is 32.1. The van der Waals surface area contributed by atoms with E-state index in [0.29, 0.717) is 26.4 Å². The van der Waals surface area contributed by atoms with Crippen LogP contribution in [-0.4, -0.2) is 22.4 Å². The highest BCUT2D eigenvalue weighted by Gasteiger charge is 2.33. The third kappa shape index (κ3) is 3.57. The van der Waals surface area contributed by atoms with Gasteiger partial charge in [-0.1, -0.05) is 59.9 Å². The Kier molecular flexibility index (Phi) is 5.46. The first-order chi connectivity index (χ1) is 17.9. The number of fused-ring (bicyclic) bond motifs is 3. The first-order valence-corrected chi connectivity index (χ1v) is 12.9. The molecule has 3 heterocycles. The molecule has 0 saturated carbocycles. The van der Waals surface area contributed by atoms with Crippen molar-refractivity contribution in [2.75, 3.05) is 7.11 Å². The number of Topliss-reactive ketones (excluding diaryl/α,β-unsaturated/α-hetero) is 1. The quantitative estimate of drug-likeness (QED) is 0.381. The molecule has 0 amide bonds. The number of ether oxygens (including phenoxy) is 1. The number of hydrogen-bond donors (Lipinski definition) is 1. The van der Waals surface area contributed by atoms with Gasteiger partial charge in [0.05, 0.1) is 17.7 Å². The van der Waals surface area contributed by atoms with Crippen LogP contribution in [0.3, 0.4) is 0 Å². The Bertz CT molecular complexity index is 1960. The lowest BCUT2D eigenvalue weighted by Gasteiger charge is -2.27. The standard InChI is InChI=1S/C30H25N3O3S/c1-16-22(21-11-7-8-12-23(21)31-16)15-25-29(35)33-28(26(18(3)34)17(2)32-30(33)37-25)27-20-10-6-5-9-19(20)13-14-24(27)36-4/h5-15,28,31H,1-4H3/t28-/m1/s1. The predicted molar refractivity (Wildman–Crippen MR) is 148 cm³/mol. The van der Waals surface area contributed by atoms with Crippen molar-refractivity contribution in [2.45, 2.75) is 26.8 Å². The monoisotopic (exact) mass is 507 g/mol. The summed E-state index contributed by atoms with van der Waals surface area (Å²) in [5.41, 5.74) is 4.70. The predicted octanol–water partition coefficient (Wildman–Crippen LogP) is 4.78. The van der Waals surface area contributed by atoms with E-state index in [9.17, 15) is 9.59 Å². The molecule has 5 aromatic rings. The van der Waals surface area contributed by atoms with Crippen molar-refractivity contribution >= 4 is 44.9 Å². The molecule has 1 aliphatic heterocycles. The van der Waals surface area contributed by atoms with Gasteiger partial charge in [-0.2, -0.15) is 0 Å². The second kappa shape index (κ2) is 8.71. The lowest BCUT2D eigenvalue weighted by atomic mass is 9.89. The molecule has 1 aliphatic rings. The van der Waals surface area contributed by atoms with Crippen LogP contribution in [0.5, 0.6) is 5.75 Å². The van der Waals surface area contributed by atoms with E-state index in [1.54, 1.807) is 11.7 Å². The summed E-state index contributed by atoms with van der Waals surface area (Å²) < 4.78 is 8.02. The maximum atomic E-state index is 14.1. The van der Waals surface area contributed by atoms with Crippen molar-refractivity contribution < 1.29 is 9.53 Å². The Morgan fingerprint density at radius 1 is 1.05 bits per heavy atom. The molecule has 1 N–H and O–H groups in total. The summed E-state index contributed by atoms with van der Waals surface area (Å²) in [5.74, 6) is 0.502. The second-order valence-corrected chi connectivity index (χ2v) is 10.3. The average Bonchev–Trinajstić information content (AvgIpc) is 3.37. The van der Waals surface area contributed by atoms with Crippen molar-refractivity contribution in [3.8, 4) is 5.75 Å². The summed E-state index contributed by atoms with van der Waals surface area (Å²) in [4.78, 5) is 35.8. The third-order valence-corrected chi connectivity index (χ3v) is 8.03. The van der Waals surface area contributed by atoms with Gasteiger partial charge >= 0.3 is 0 Å². The number of thiazole rings is 1. The number of para-hydroxylation sites is 1. The number of nitrogens with one attached hydrogen (secondary N) is 1. The van der Waals surface area contributed by atoms with Crippen molar-refractivity contribution in [3.63, 3.8) is 0 Å². The number of carbonyl (C=O) groups is 1. The Balaban J connectivity index is 1.69. The number of benzene rings is 3. The molecule has 0 aliphatic carbocycles. The number of aromatic amines is 1. The molecule has 0 saturated heterocycles. The number of rotatable bonds is 4. The number of aromatic nitrogens is 2. The van der Waals surface area contributed by atoms with E-state index in [1.807, 2.05) is 80.6 Å². The van der Waals surface area contributed by atoms with Crippen molar-refractivity contribution in [1.29, 1.82) is 0 Å². The molecule has 7 heteroatoms. The van der Waals surface area contributed by atoms with E-state index < -0.39 is 6.04 Å². The molecule has 0 radical (unpaired) electrons. The van der Waals surface area contributed by atoms with E-state index in [2.05, 4.69) is 4.98 Å². The maximum Gasteiger partial charge on any atom is 0.271 e. The Morgan fingerprint density at radius 3 is 2.54 bits per heavy atom. The van der Waals surface area contributed by atoms with Crippen LogP contribution in [0.15, 0.2) is 81.7 Å². The molecule has 6 rings (SSSR count). The molecule has 6 nitrogen and oxygen atoms in total. The molecule has 184 valence electrons. The lowest BCUT2D eigenvalue weighted by Crippen LogP contribution is -2.39. The van der Waals surface area contributed by atoms with Gasteiger partial charge in [0.25, 0.3) is 5.56 Å². The molecule has 2 aromatic heterocycles. The van der Waals surface area contributed by atoms with Crippen LogP contribution < -0.4 is 19.6 Å². The largest absolute Gasteiger partial charge is 0.496 e. The van der Waals surface area contributed by atoms with Crippen molar-refractivity contribution in [2.24, 2.45) is 4.99 Å². The highest BCUT2D eigenvalue weighted by Crippen LogP contribution is 2.40. The van der Waals surface area contributed by atoms with Gasteiger partial charge in [0.2, 0.25) is 0 Å². The molecule has 0 fully saturated rings. The van der Waals surface area contributed by atoms with Gasteiger partial charge in [0.15, 0.2) is 10.6 Å². The zero-order valence-electron chi connectivity index (χ0n) is 21.0. The number of allylic oxidation sites excluding steroid dienone is 2. The van der Waals surface area contributed by atoms with Crippen molar-refractivity contribution in [1.82, 2.24) is 9.55 Å². The van der Waals surface area contributed by atoms with Crippen LogP contribution in [0.4, 0.5) is 0 Å². The van der Waals surface area contributed by atoms with Gasteiger partial charge in [0.1, 0.15) is 5.75 Å². The molecule has 0 spiro atoms. The molecule has 0 unspecified atom stereocenters. The maximum absolute atomic E-state index is 14.1. The Hall–Kier alpha value is -4.23. The third-order valence-electron chi connectivity index (χ3n) is 7.04. The van der Waals surface area contributed by atoms with E-state index in [-0.39, 0.29) is 11.3 Å². The van der Waals surface area contributed by atoms with E-state index in [4.69, 9.17) is 9.73 Å². The fourth-order valence-electron chi connectivity index (χ4n) is 5.39. The summed E-state index contributed by atoms with van der Waals surface area (Å²) in [7, 11) is 1.61. The molecule has 0 bridgehead atoms. The normalized spacial score (nSPS) is 15.8. The second-order valence-electron chi connectivity index (χ2n) is 9.25. The number of methoxy groups -OCH3 is 1. The van der Waals surface area contributed by atoms with Crippen molar-refractivity contribution in [3.05, 3.63) is 108 Å². The number of nitrogens with zero attached hydrogens (tertiary/aromatic N) is 2. The van der Waals surface area contributed by atoms with Gasteiger partial charge in [-0.3, -0.25) is 14.2 Å². The fraction of sp³-hybridized carbons (Fsp3) is 0.167. The van der Waals surface area contributed by atoms with Crippen LogP contribution in [0.2, 0.25) is 0 Å². The molecular formula is C30H25N3O3S. The summed E-state index contributed by atoms with van der Waals surface area (Å²) in [6, 6.07) is 19.2. The molecular weight excluding hydrogens is 482 g/mol. The first kappa shape index (κ1) is 23.2. The fourth-order valence-corrected chi connectivity index (χ4v) is 6.42. The molecule has 1 atom stereocenters. The first-order valence-electron chi connectivity index (χ1n) is 12.1. The van der Waals surface area contributed by atoms with E-state index in [1.165, 1.54) is 18.3 Å². The lowest BCUT2D eigenvalue weighted by molar-refractivity contribution is -0.114. The van der Waals surface area contributed by atoms with Crippen LogP contribution in [0.25, 0.3) is 27.8 Å². The van der Waals surface area contributed by atoms with Crippen LogP contribution in [-0.2, 0) is 4.79 Å². The molecule has 37 heavy (non-hydrogen) atoms. The zero-order chi connectivity index (χ0) is 25.8. The van der Waals surface area contributed by atoms with E-state index >= 15 is 0 Å². The summed E-state index contributed by atoms with van der Waals surface area (Å²) in [6.45, 7) is 5.37. The van der Waals surface area contributed by atoms with Gasteiger partial charge < -0.3 is 9.72 Å². The highest BCUT2D eigenvalue weighted by molar-refractivity contribution is 7.07. The SMILES string of the molecule is COc1ccc2ccccc2c1[C@H]1C(C(C)=O)=C(C)N=c2sc(=Cc3c(C)[nH]c4ccccc34)c(=O)n21. The number of hydrogen-bond acceptors (Lipinski definition) is 5. The average molecular weight is 508 g/mol. The van der Waals surface area contributed by atoms with Crippen LogP contribution in [0, 0.1) is 6.92 Å². The zero-order valence-corrected chi connectivity index (χ0v) is 21.8. The number of ketones is 1. The van der Waals surface area contributed by atoms with Gasteiger partial charge in [-0.05, 0) is 49.8 Å². The van der Waals surface area contributed by atoms with Crippen LogP contribution in [0.1, 0.15) is 36.7 Å². The smallest absolute Gasteiger partial charge is 0.271 e. The minimum atomic E-state index is -0.652. The Labute approximate surface area is 216 Å². The summed E-state index contributed by atoms with van der Waals surface area (Å²) in [6.07, 6.45) is 1.93. The number of aryl methyl sites for hydroxylation is 1. The van der Waals surface area contributed by atoms with Gasteiger partial charge in [-0.25, -0.2) is 4.99 Å². The van der Waals surface area contributed by atoms with Crippen LogP contribution >= 0.6 is 11.3 Å².